The molecule has 0 bridgehead atoms. The number of amides is 1. The summed E-state index contributed by atoms with van der Waals surface area (Å²) in [5.41, 5.74) is -1.58. The number of aromatic nitrogens is 2. The van der Waals surface area contributed by atoms with Gasteiger partial charge in [-0.15, -0.1) is 0 Å². The van der Waals surface area contributed by atoms with Crippen molar-refractivity contribution in [1.29, 1.82) is 0 Å². The summed E-state index contributed by atoms with van der Waals surface area (Å²) in [7, 11) is 0. The Morgan fingerprint density at radius 2 is 2.25 bits per heavy atom. The van der Waals surface area contributed by atoms with Gasteiger partial charge in [0.1, 0.15) is 23.7 Å². The first-order chi connectivity index (χ1) is 9.45. The van der Waals surface area contributed by atoms with Crippen LogP contribution in [0.15, 0.2) is 18.9 Å². The largest absolute Gasteiger partial charge is 0.478 e. The summed E-state index contributed by atoms with van der Waals surface area (Å²) in [5.74, 6) is -1.70. The van der Waals surface area contributed by atoms with E-state index in [4.69, 9.17) is 5.11 Å². The van der Waals surface area contributed by atoms with E-state index >= 15 is 0 Å². The Balaban J connectivity index is 2.77. The number of carboxylic acid groups (broad SMARTS) is 1. The second-order valence-electron chi connectivity index (χ2n) is 3.43. The Labute approximate surface area is 112 Å². The predicted molar refractivity (Wildman–Crippen MR) is 62.3 cm³/mol. The van der Waals surface area contributed by atoms with Gasteiger partial charge in [0, 0.05) is 6.20 Å². The highest BCUT2D eigenvalue weighted by molar-refractivity contribution is 5.88. The highest BCUT2D eigenvalue weighted by Crippen LogP contribution is 2.20. The van der Waals surface area contributed by atoms with E-state index in [1.807, 2.05) is 0 Å². The fourth-order valence-electron chi connectivity index (χ4n) is 1.19. The molecule has 1 heterocycles. The highest BCUT2D eigenvalue weighted by atomic mass is 19.3. The van der Waals surface area contributed by atoms with Crippen molar-refractivity contribution in [3.63, 3.8) is 0 Å². The number of ether oxygens (including phenoxy) is 1. The second-order valence-corrected chi connectivity index (χ2v) is 3.43. The standard InChI is InChI=1S/C11H11F2N3O4/c1-2-3-20-11(19)15-5-7-14-4-6(10(17)18)8(16-7)9(12)13/h2,4,9H,1,3,5H2,(H,15,19)(H,17,18). The van der Waals surface area contributed by atoms with E-state index in [0.29, 0.717) is 0 Å². The molecule has 2 N–H and O–H groups in total. The average Bonchev–Trinajstić information content (AvgIpc) is 2.42. The summed E-state index contributed by atoms with van der Waals surface area (Å²) >= 11 is 0. The van der Waals surface area contributed by atoms with Crippen LogP contribution >= 0.6 is 0 Å². The zero-order chi connectivity index (χ0) is 15.1. The first-order valence-electron chi connectivity index (χ1n) is 5.34. The van der Waals surface area contributed by atoms with Crippen LogP contribution in [0.3, 0.4) is 0 Å². The van der Waals surface area contributed by atoms with Gasteiger partial charge >= 0.3 is 12.1 Å². The van der Waals surface area contributed by atoms with Gasteiger partial charge in [0.05, 0.1) is 6.54 Å². The number of aromatic carboxylic acids is 1. The molecule has 0 saturated heterocycles. The number of alkyl carbamates (subject to hydrolysis) is 1. The van der Waals surface area contributed by atoms with E-state index in [9.17, 15) is 18.4 Å². The summed E-state index contributed by atoms with van der Waals surface area (Å²) in [6, 6.07) is 0. The summed E-state index contributed by atoms with van der Waals surface area (Å²) in [6.45, 7) is 3.06. The van der Waals surface area contributed by atoms with Crippen LogP contribution < -0.4 is 5.32 Å². The molecule has 1 aromatic rings. The first-order valence-corrected chi connectivity index (χ1v) is 5.34. The van der Waals surface area contributed by atoms with Crippen LogP contribution in [0, 0.1) is 0 Å². The maximum Gasteiger partial charge on any atom is 0.407 e. The van der Waals surface area contributed by atoms with E-state index < -0.39 is 29.7 Å². The average molecular weight is 287 g/mol. The van der Waals surface area contributed by atoms with Crippen LogP contribution in [0.4, 0.5) is 13.6 Å². The molecule has 0 aliphatic carbocycles. The quantitative estimate of drug-likeness (QED) is 0.769. The lowest BCUT2D eigenvalue weighted by molar-refractivity contribution is 0.0681. The molecule has 0 atom stereocenters. The van der Waals surface area contributed by atoms with Gasteiger partial charge in [-0.05, 0) is 0 Å². The Morgan fingerprint density at radius 3 is 2.80 bits per heavy atom. The smallest absolute Gasteiger partial charge is 0.407 e. The van der Waals surface area contributed by atoms with Crippen LogP contribution in [0.5, 0.6) is 0 Å². The van der Waals surface area contributed by atoms with E-state index in [-0.39, 0.29) is 19.0 Å². The van der Waals surface area contributed by atoms with Crippen LogP contribution in [0.1, 0.15) is 28.3 Å². The van der Waals surface area contributed by atoms with E-state index in [0.717, 1.165) is 6.20 Å². The fraction of sp³-hybridized carbons (Fsp3) is 0.273. The van der Waals surface area contributed by atoms with Gasteiger partial charge in [0.2, 0.25) is 0 Å². The maximum absolute atomic E-state index is 12.7. The highest BCUT2D eigenvalue weighted by Gasteiger charge is 2.21. The second kappa shape index (κ2) is 7.12. The van der Waals surface area contributed by atoms with E-state index in [2.05, 4.69) is 26.6 Å². The molecule has 0 spiro atoms. The number of hydrogen-bond acceptors (Lipinski definition) is 5. The molecule has 0 aliphatic heterocycles. The van der Waals surface area contributed by atoms with Crippen molar-refractivity contribution in [1.82, 2.24) is 15.3 Å². The lowest BCUT2D eigenvalue weighted by Gasteiger charge is -2.07. The summed E-state index contributed by atoms with van der Waals surface area (Å²) in [5, 5.41) is 10.9. The normalized spacial score (nSPS) is 10.2. The number of carbonyl (C=O) groups is 2. The van der Waals surface area contributed by atoms with Gasteiger partial charge < -0.3 is 15.2 Å². The van der Waals surface area contributed by atoms with Crippen molar-refractivity contribution < 1.29 is 28.2 Å². The number of carboxylic acids is 1. The molecule has 1 aromatic heterocycles. The first kappa shape index (κ1) is 15.5. The summed E-state index contributed by atoms with van der Waals surface area (Å²) < 4.78 is 29.9. The van der Waals surface area contributed by atoms with Crippen molar-refractivity contribution >= 4 is 12.1 Å². The fourth-order valence-corrected chi connectivity index (χ4v) is 1.19. The zero-order valence-electron chi connectivity index (χ0n) is 10.2. The van der Waals surface area contributed by atoms with Crippen LogP contribution in [0.2, 0.25) is 0 Å². The van der Waals surface area contributed by atoms with E-state index in [1.165, 1.54) is 6.08 Å². The molecule has 20 heavy (non-hydrogen) atoms. The number of nitrogens with zero attached hydrogens (tertiary/aromatic N) is 2. The van der Waals surface area contributed by atoms with Crippen molar-refractivity contribution in [2.75, 3.05) is 6.61 Å². The summed E-state index contributed by atoms with van der Waals surface area (Å²) in [6.07, 6.45) is -1.74. The third-order valence-corrected chi connectivity index (χ3v) is 2.03. The lowest BCUT2D eigenvalue weighted by atomic mass is 10.2. The predicted octanol–water partition coefficient (Wildman–Crippen LogP) is 1.52. The molecule has 1 amide bonds. The monoisotopic (exact) mass is 287 g/mol. The SMILES string of the molecule is C=CCOC(=O)NCc1ncc(C(=O)O)c(C(F)F)n1. The van der Waals surface area contributed by atoms with Crippen molar-refractivity contribution in [2.24, 2.45) is 0 Å². The Kier molecular flexibility index (Phi) is 5.51. The van der Waals surface area contributed by atoms with Gasteiger partial charge in [-0.3, -0.25) is 0 Å². The molecule has 0 fully saturated rings. The van der Waals surface area contributed by atoms with Gasteiger partial charge in [-0.1, -0.05) is 12.7 Å². The van der Waals surface area contributed by atoms with E-state index in [1.54, 1.807) is 0 Å². The maximum atomic E-state index is 12.7. The Bertz CT molecular complexity index is 522. The number of rotatable bonds is 6. The van der Waals surface area contributed by atoms with Crippen LogP contribution in [0.25, 0.3) is 0 Å². The number of halogens is 2. The molecule has 108 valence electrons. The van der Waals surface area contributed by atoms with Gasteiger partial charge in [-0.25, -0.2) is 28.3 Å². The minimum Gasteiger partial charge on any atom is -0.478 e. The topological polar surface area (TPSA) is 101 Å². The molecule has 1 rings (SSSR count). The molecule has 7 nitrogen and oxygen atoms in total. The third kappa shape index (κ3) is 4.26. The van der Waals surface area contributed by atoms with Crippen LogP contribution in [-0.4, -0.2) is 33.7 Å². The Hall–Kier alpha value is -2.58. The molecule has 9 heteroatoms. The lowest BCUT2D eigenvalue weighted by Crippen LogP contribution is -2.25. The number of hydrogen-bond donors (Lipinski definition) is 2. The molecule has 0 saturated carbocycles. The summed E-state index contributed by atoms with van der Waals surface area (Å²) in [4.78, 5) is 28.8. The third-order valence-electron chi connectivity index (χ3n) is 2.03. The van der Waals surface area contributed by atoms with Crippen molar-refractivity contribution in [2.45, 2.75) is 13.0 Å². The number of alkyl halides is 2. The number of carbonyl (C=O) groups excluding carboxylic acids is 1. The molecular weight excluding hydrogens is 276 g/mol. The molecular formula is C11H11F2N3O4. The minimum absolute atomic E-state index is 0.00702. The van der Waals surface area contributed by atoms with Gasteiger partial charge in [0.15, 0.2) is 0 Å². The Morgan fingerprint density at radius 1 is 1.55 bits per heavy atom. The van der Waals surface area contributed by atoms with Crippen molar-refractivity contribution in [3.8, 4) is 0 Å². The van der Waals surface area contributed by atoms with Crippen molar-refractivity contribution in [3.05, 3.63) is 35.9 Å². The zero-order valence-corrected chi connectivity index (χ0v) is 10.2. The molecule has 0 aromatic carbocycles. The molecule has 0 aliphatic rings. The molecule has 0 radical (unpaired) electrons. The van der Waals surface area contributed by atoms with Gasteiger partial charge in [-0.2, -0.15) is 0 Å². The number of nitrogens with one attached hydrogen (secondary N) is 1. The van der Waals surface area contributed by atoms with Gasteiger partial charge in [0.25, 0.3) is 6.43 Å². The minimum atomic E-state index is -3.06. The molecule has 0 unspecified atom stereocenters. The van der Waals surface area contributed by atoms with Crippen LogP contribution in [-0.2, 0) is 11.3 Å².